The third kappa shape index (κ3) is 4.61. The van der Waals surface area contributed by atoms with Crippen LogP contribution in [0.3, 0.4) is 0 Å². The Kier molecular flexibility index (Phi) is 6.78. The summed E-state index contributed by atoms with van der Waals surface area (Å²) in [4.78, 5) is 0. The summed E-state index contributed by atoms with van der Waals surface area (Å²) in [6.07, 6.45) is 0. The minimum absolute atomic E-state index is 0. The van der Waals surface area contributed by atoms with E-state index in [0.717, 1.165) is 11.4 Å². The van der Waals surface area contributed by atoms with Gasteiger partial charge in [-0.05, 0) is 36.4 Å². The molecule has 96 valence electrons. The van der Waals surface area contributed by atoms with Crippen molar-refractivity contribution in [2.45, 2.75) is 0 Å². The van der Waals surface area contributed by atoms with Crippen LogP contribution in [0.4, 0.5) is 22.7 Å². The quantitative estimate of drug-likeness (QED) is 0.643. The predicted molar refractivity (Wildman–Crippen MR) is 80.4 cm³/mol. The molecule has 0 amide bonds. The summed E-state index contributed by atoms with van der Waals surface area (Å²) in [7, 11) is 0. The Morgan fingerprint density at radius 3 is 1.39 bits per heavy atom. The minimum Gasteiger partial charge on any atom is -0.399 e. The van der Waals surface area contributed by atoms with Gasteiger partial charge in [-0.3, -0.25) is 0 Å². The molecule has 0 unspecified atom stereocenters. The number of nitrogens with zero attached hydrogens (tertiary/aromatic N) is 2. The first-order valence-electron chi connectivity index (χ1n) is 4.87. The van der Waals surface area contributed by atoms with E-state index < -0.39 is 0 Å². The van der Waals surface area contributed by atoms with Crippen molar-refractivity contribution in [2.24, 2.45) is 10.2 Å². The maximum Gasteiger partial charge on any atom is 0.0877 e. The third-order valence-corrected chi connectivity index (χ3v) is 2.02. The fourth-order valence-electron chi connectivity index (χ4n) is 1.29. The summed E-state index contributed by atoms with van der Waals surface area (Å²) in [6.45, 7) is 0. The van der Waals surface area contributed by atoms with Crippen LogP contribution in [0.5, 0.6) is 0 Å². The molecule has 0 saturated heterocycles. The minimum atomic E-state index is 0. The zero-order chi connectivity index (χ0) is 11.4. The Labute approximate surface area is 118 Å². The molecule has 4 N–H and O–H groups in total. The molecule has 0 fully saturated rings. The van der Waals surface area contributed by atoms with Crippen molar-refractivity contribution in [1.82, 2.24) is 0 Å². The molecule has 0 aliphatic heterocycles. The van der Waals surface area contributed by atoms with Crippen molar-refractivity contribution in [3.8, 4) is 0 Å². The lowest BCUT2D eigenvalue weighted by Gasteiger charge is -1.96. The number of rotatable bonds is 2. The molecule has 2 aromatic carbocycles. The van der Waals surface area contributed by atoms with Crippen LogP contribution in [-0.4, -0.2) is 0 Å². The number of hydrogen-bond donors (Lipinski definition) is 2. The van der Waals surface area contributed by atoms with Crippen molar-refractivity contribution >= 4 is 47.6 Å². The highest BCUT2D eigenvalue weighted by atomic mass is 35.5. The van der Waals surface area contributed by atoms with E-state index in [2.05, 4.69) is 10.2 Å². The summed E-state index contributed by atoms with van der Waals surface area (Å²) in [5, 5.41) is 8.14. The van der Waals surface area contributed by atoms with Crippen LogP contribution >= 0.6 is 24.8 Å². The van der Waals surface area contributed by atoms with Crippen molar-refractivity contribution in [3.05, 3.63) is 48.5 Å². The van der Waals surface area contributed by atoms with E-state index >= 15 is 0 Å². The number of azo groups is 1. The zero-order valence-electron chi connectivity index (χ0n) is 9.48. The van der Waals surface area contributed by atoms with E-state index in [1.54, 1.807) is 24.3 Å². The van der Waals surface area contributed by atoms with Gasteiger partial charge in [0.2, 0.25) is 0 Å². The predicted octanol–water partition coefficient (Wildman–Crippen LogP) is 4.11. The summed E-state index contributed by atoms with van der Waals surface area (Å²) < 4.78 is 0. The summed E-state index contributed by atoms with van der Waals surface area (Å²) in [5.41, 5.74) is 14.0. The Balaban J connectivity index is 0.00000144. The van der Waals surface area contributed by atoms with Crippen molar-refractivity contribution < 1.29 is 0 Å². The van der Waals surface area contributed by atoms with Gasteiger partial charge in [0.15, 0.2) is 0 Å². The number of anilines is 2. The van der Waals surface area contributed by atoms with E-state index in [1.165, 1.54) is 0 Å². The fraction of sp³-hybridized carbons (Fsp3) is 0. The molecule has 0 aliphatic rings. The van der Waals surface area contributed by atoms with Gasteiger partial charge in [0.1, 0.15) is 0 Å². The highest BCUT2D eigenvalue weighted by Crippen LogP contribution is 2.21. The van der Waals surface area contributed by atoms with Gasteiger partial charge in [-0.15, -0.1) is 24.8 Å². The van der Waals surface area contributed by atoms with E-state index in [0.29, 0.717) is 11.4 Å². The number of halogens is 2. The molecule has 0 bridgehead atoms. The maximum atomic E-state index is 5.63. The van der Waals surface area contributed by atoms with Crippen LogP contribution < -0.4 is 11.5 Å². The fourth-order valence-corrected chi connectivity index (χ4v) is 1.29. The van der Waals surface area contributed by atoms with Crippen LogP contribution in [0.1, 0.15) is 0 Å². The second kappa shape index (κ2) is 7.53. The summed E-state index contributed by atoms with van der Waals surface area (Å²) in [5.74, 6) is 0. The Hall–Kier alpha value is -1.78. The van der Waals surface area contributed by atoms with Gasteiger partial charge >= 0.3 is 0 Å². The second-order valence-corrected chi connectivity index (χ2v) is 3.39. The first-order valence-corrected chi connectivity index (χ1v) is 4.87. The van der Waals surface area contributed by atoms with Gasteiger partial charge in [-0.2, -0.15) is 10.2 Å². The Morgan fingerprint density at radius 1 is 0.667 bits per heavy atom. The van der Waals surface area contributed by atoms with E-state index in [4.69, 9.17) is 11.5 Å². The van der Waals surface area contributed by atoms with Gasteiger partial charge < -0.3 is 11.5 Å². The summed E-state index contributed by atoms with van der Waals surface area (Å²) in [6, 6.07) is 14.5. The smallest absolute Gasteiger partial charge is 0.0877 e. The molecule has 4 nitrogen and oxygen atoms in total. The lowest BCUT2D eigenvalue weighted by Crippen LogP contribution is -1.81. The van der Waals surface area contributed by atoms with Gasteiger partial charge in [-0.1, -0.05) is 12.1 Å². The molecular formula is C12H14Cl2N4. The number of nitrogen functional groups attached to an aromatic ring is 2. The van der Waals surface area contributed by atoms with E-state index in [9.17, 15) is 0 Å². The Morgan fingerprint density at radius 2 is 1.06 bits per heavy atom. The van der Waals surface area contributed by atoms with Crippen LogP contribution in [0.15, 0.2) is 58.8 Å². The largest absolute Gasteiger partial charge is 0.399 e. The third-order valence-electron chi connectivity index (χ3n) is 2.02. The lowest BCUT2D eigenvalue weighted by atomic mass is 10.3. The van der Waals surface area contributed by atoms with Crippen LogP contribution in [0, 0.1) is 0 Å². The lowest BCUT2D eigenvalue weighted by molar-refractivity contribution is 1.23. The molecule has 0 spiro atoms. The SMILES string of the molecule is Cl.Cl.Nc1cccc(N=Nc2cccc(N)c2)c1. The highest BCUT2D eigenvalue weighted by Gasteiger charge is 1.92. The maximum absolute atomic E-state index is 5.63. The second-order valence-electron chi connectivity index (χ2n) is 3.39. The molecule has 0 atom stereocenters. The molecule has 18 heavy (non-hydrogen) atoms. The van der Waals surface area contributed by atoms with Gasteiger partial charge in [-0.25, -0.2) is 0 Å². The average molecular weight is 285 g/mol. The van der Waals surface area contributed by atoms with E-state index in [-0.39, 0.29) is 24.8 Å². The summed E-state index contributed by atoms with van der Waals surface area (Å²) >= 11 is 0. The van der Waals surface area contributed by atoms with Crippen molar-refractivity contribution in [2.75, 3.05) is 11.5 Å². The standard InChI is InChI=1S/C12H12N4.2ClH/c13-9-3-1-5-11(7-9)15-16-12-6-2-4-10(14)8-12;;/h1-8H,13-14H2;2*1H. The molecule has 0 heterocycles. The van der Waals surface area contributed by atoms with Gasteiger partial charge in [0.25, 0.3) is 0 Å². The molecule has 0 saturated carbocycles. The molecular weight excluding hydrogens is 271 g/mol. The topological polar surface area (TPSA) is 76.8 Å². The van der Waals surface area contributed by atoms with Crippen LogP contribution in [0.25, 0.3) is 0 Å². The zero-order valence-corrected chi connectivity index (χ0v) is 11.1. The highest BCUT2D eigenvalue weighted by molar-refractivity contribution is 5.85. The van der Waals surface area contributed by atoms with E-state index in [1.807, 2.05) is 24.3 Å². The molecule has 0 aliphatic carbocycles. The van der Waals surface area contributed by atoms with Crippen molar-refractivity contribution in [1.29, 1.82) is 0 Å². The number of nitrogens with two attached hydrogens (primary N) is 2. The van der Waals surface area contributed by atoms with Crippen molar-refractivity contribution in [3.63, 3.8) is 0 Å². The average Bonchev–Trinajstić information content (AvgIpc) is 2.27. The molecule has 2 rings (SSSR count). The van der Waals surface area contributed by atoms with Gasteiger partial charge in [0.05, 0.1) is 11.4 Å². The number of benzene rings is 2. The number of hydrogen-bond acceptors (Lipinski definition) is 4. The van der Waals surface area contributed by atoms with Crippen LogP contribution in [-0.2, 0) is 0 Å². The normalized spacial score (nSPS) is 9.56. The van der Waals surface area contributed by atoms with Gasteiger partial charge in [0, 0.05) is 11.4 Å². The monoisotopic (exact) mass is 284 g/mol. The first kappa shape index (κ1) is 16.2. The molecule has 2 aromatic rings. The molecule has 6 heteroatoms. The molecule has 0 aromatic heterocycles. The first-order chi connectivity index (χ1) is 7.74. The Bertz CT molecular complexity index is 481. The van der Waals surface area contributed by atoms with Crippen LogP contribution in [0.2, 0.25) is 0 Å². The molecule has 0 radical (unpaired) electrons.